The van der Waals surface area contributed by atoms with Crippen molar-refractivity contribution in [2.45, 2.75) is 6.54 Å². The summed E-state index contributed by atoms with van der Waals surface area (Å²) in [5.41, 5.74) is 7.41. The Balaban J connectivity index is 2.37. The summed E-state index contributed by atoms with van der Waals surface area (Å²) in [4.78, 5) is 4.08. The first-order valence-corrected chi connectivity index (χ1v) is 5.14. The summed E-state index contributed by atoms with van der Waals surface area (Å²) in [5.74, 6) is 0.603. The maximum Gasteiger partial charge on any atom is 0.171 e. The fourth-order valence-corrected chi connectivity index (χ4v) is 1.66. The topological polar surface area (TPSA) is 43.8 Å². The lowest BCUT2D eigenvalue weighted by atomic mass is 10.1. The van der Waals surface area contributed by atoms with Crippen LogP contribution in [0.2, 0.25) is 0 Å². The van der Waals surface area contributed by atoms with E-state index in [1.807, 2.05) is 24.3 Å². The molecule has 1 heterocycles. The SMILES string of the molecule is NCc1ccc(-c2nccn2SF)cc1. The van der Waals surface area contributed by atoms with Crippen molar-refractivity contribution in [2.75, 3.05) is 0 Å². The van der Waals surface area contributed by atoms with Crippen molar-refractivity contribution in [1.82, 2.24) is 8.96 Å². The van der Waals surface area contributed by atoms with Crippen molar-refractivity contribution < 1.29 is 3.89 Å². The van der Waals surface area contributed by atoms with E-state index in [1.54, 1.807) is 12.4 Å². The minimum atomic E-state index is 0.136. The minimum Gasteiger partial charge on any atom is -0.326 e. The number of imidazole rings is 1. The average molecular weight is 223 g/mol. The first-order chi connectivity index (χ1) is 7.35. The van der Waals surface area contributed by atoms with Crippen LogP contribution < -0.4 is 5.73 Å². The van der Waals surface area contributed by atoms with Crippen molar-refractivity contribution in [2.24, 2.45) is 5.73 Å². The fourth-order valence-electron chi connectivity index (χ4n) is 1.34. The summed E-state index contributed by atoms with van der Waals surface area (Å²) in [5, 5.41) is 0. The molecule has 2 aromatic rings. The predicted molar refractivity (Wildman–Crippen MR) is 59.7 cm³/mol. The van der Waals surface area contributed by atoms with Crippen LogP contribution >= 0.6 is 12.3 Å². The molecular weight excluding hydrogens is 213 g/mol. The van der Waals surface area contributed by atoms with Gasteiger partial charge in [0.15, 0.2) is 18.2 Å². The number of halogens is 1. The molecule has 0 atom stereocenters. The number of benzene rings is 1. The Hall–Kier alpha value is -1.33. The molecule has 0 bridgehead atoms. The van der Waals surface area contributed by atoms with E-state index >= 15 is 0 Å². The highest BCUT2D eigenvalue weighted by atomic mass is 32.2. The lowest BCUT2D eigenvalue weighted by Gasteiger charge is -2.02. The smallest absolute Gasteiger partial charge is 0.171 e. The molecule has 0 unspecified atom stereocenters. The van der Waals surface area contributed by atoms with Gasteiger partial charge in [0.25, 0.3) is 0 Å². The van der Waals surface area contributed by atoms with E-state index in [0.29, 0.717) is 12.4 Å². The number of nitrogens with zero attached hydrogens (tertiary/aromatic N) is 2. The first kappa shape index (κ1) is 10.2. The standard InChI is InChI=1S/C10H10FN3S/c11-15-14-6-5-13-10(14)9-3-1-8(7-12)2-4-9/h1-6H,7,12H2. The van der Waals surface area contributed by atoms with Crippen LogP contribution in [0.15, 0.2) is 36.7 Å². The molecule has 0 saturated heterocycles. The van der Waals surface area contributed by atoms with Gasteiger partial charge in [-0.1, -0.05) is 24.3 Å². The van der Waals surface area contributed by atoms with Gasteiger partial charge in [0.1, 0.15) is 0 Å². The molecule has 0 aliphatic rings. The summed E-state index contributed by atoms with van der Waals surface area (Å²) in [6.45, 7) is 0.507. The van der Waals surface area contributed by atoms with Crippen molar-refractivity contribution >= 4 is 12.3 Å². The highest BCUT2D eigenvalue weighted by Gasteiger charge is 2.05. The second-order valence-electron chi connectivity index (χ2n) is 3.05. The molecule has 0 amide bonds. The number of aromatic nitrogens is 2. The van der Waals surface area contributed by atoms with Crippen LogP contribution in [0, 0.1) is 0 Å². The third-order valence-electron chi connectivity index (χ3n) is 2.13. The molecule has 0 aliphatic heterocycles. The lowest BCUT2D eigenvalue weighted by Crippen LogP contribution is -1.96. The summed E-state index contributed by atoms with van der Waals surface area (Å²) >= 11 is 0.136. The molecule has 1 aromatic heterocycles. The molecule has 15 heavy (non-hydrogen) atoms. The van der Waals surface area contributed by atoms with Crippen LogP contribution in [-0.2, 0) is 6.54 Å². The average Bonchev–Trinajstić information content (AvgIpc) is 2.77. The number of hydrogen-bond acceptors (Lipinski definition) is 3. The van der Waals surface area contributed by atoms with Crippen LogP contribution in [0.4, 0.5) is 3.89 Å². The van der Waals surface area contributed by atoms with Gasteiger partial charge >= 0.3 is 0 Å². The van der Waals surface area contributed by atoms with Gasteiger partial charge in [0.2, 0.25) is 0 Å². The predicted octanol–water partition coefficient (Wildman–Crippen LogP) is 2.39. The van der Waals surface area contributed by atoms with E-state index < -0.39 is 0 Å². The Morgan fingerprint density at radius 2 is 2.07 bits per heavy atom. The van der Waals surface area contributed by atoms with Gasteiger partial charge < -0.3 is 5.73 Å². The van der Waals surface area contributed by atoms with Crippen LogP contribution in [0.1, 0.15) is 5.56 Å². The molecule has 5 heteroatoms. The third-order valence-corrected chi connectivity index (χ3v) is 2.57. The van der Waals surface area contributed by atoms with Gasteiger partial charge in [-0.25, -0.2) is 8.96 Å². The quantitative estimate of drug-likeness (QED) is 0.868. The fraction of sp³-hybridized carbons (Fsp3) is 0.100. The van der Waals surface area contributed by atoms with Gasteiger partial charge in [-0.05, 0) is 5.56 Å². The molecule has 78 valence electrons. The molecule has 0 fully saturated rings. The normalized spacial score (nSPS) is 10.5. The third kappa shape index (κ3) is 2.03. The summed E-state index contributed by atoms with van der Waals surface area (Å²) in [7, 11) is 0. The highest BCUT2D eigenvalue weighted by Crippen LogP contribution is 2.22. The Bertz CT molecular complexity index is 438. The van der Waals surface area contributed by atoms with Gasteiger partial charge in [0, 0.05) is 24.5 Å². The molecule has 2 rings (SSSR count). The Labute approximate surface area is 91.6 Å². The zero-order valence-electron chi connectivity index (χ0n) is 7.93. The van der Waals surface area contributed by atoms with Crippen LogP contribution in [-0.4, -0.2) is 8.96 Å². The Kier molecular flexibility index (Phi) is 3.03. The minimum absolute atomic E-state index is 0.136. The summed E-state index contributed by atoms with van der Waals surface area (Å²) in [6, 6.07) is 7.60. The molecule has 0 aliphatic carbocycles. The highest BCUT2D eigenvalue weighted by molar-refractivity contribution is 7.92. The van der Waals surface area contributed by atoms with Crippen molar-refractivity contribution in [1.29, 1.82) is 0 Å². The van der Waals surface area contributed by atoms with Crippen LogP contribution in [0.25, 0.3) is 11.4 Å². The van der Waals surface area contributed by atoms with E-state index in [0.717, 1.165) is 11.1 Å². The number of nitrogens with two attached hydrogens (primary N) is 1. The monoisotopic (exact) mass is 223 g/mol. The van der Waals surface area contributed by atoms with Crippen molar-refractivity contribution in [3.05, 3.63) is 42.2 Å². The van der Waals surface area contributed by atoms with E-state index in [4.69, 9.17) is 5.73 Å². The maximum atomic E-state index is 12.5. The lowest BCUT2D eigenvalue weighted by molar-refractivity contribution is 0.916. The second-order valence-corrected chi connectivity index (χ2v) is 3.58. The molecular formula is C10H10FN3S. The number of hydrogen-bond donors (Lipinski definition) is 1. The molecule has 1 aromatic carbocycles. The summed E-state index contributed by atoms with van der Waals surface area (Å²) < 4.78 is 13.8. The van der Waals surface area contributed by atoms with E-state index in [1.165, 1.54) is 3.97 Å². The molecule has 0 saturated carbocycles. The molecule has 0 radical (unpaired) electrons. The van der Waals surface area contributed by atoms with Gasteiger partial charge in [-0.2, -0.15) is 0 Å². The van der Waals surface area contributed by atoms with E-state index in [9.17, 15) is 3.89 Å². The summed E-state index contributed by atoms with van der Waals surface area (Å²) in [6.07, 6.45) is 3.15. The molecule has 0 spiro atoms. The van der Waals surface area contributed by atoms with E-state index in [2.05, 4.69) is 4.98 Å². The van der Waals surface area contributed by atoms with Gasteiger partial charge in [-0.3, -0.25) is 0 Å². The Morgan fingerprint density at radius 3 is 2.67 bits per heavy atom. The van der Waals surface area contributed by atoms with Gasteiger partial charge in [0.05, 0.1) is 0 Å². The zero-order chi connectivity index (χ0) is 10.7. The van der Waals surface area contributed by atoms with E-state index in [-0.39, 0.29) is 12.3 Å². The van der Waals surface area contributed by atoms with Crippen molar-refractivity contribution in [3.63, 3.8) is 0 Å². The zero-order valence-corrected chi connectivity index (χ0v) is 8.75. The largest absolute Gasteiger partial charge is 0.326 e. The first-order valence-electron chi connectivity index (χ1n) is 4.47. The van der Waals surface area contributed by atoms with Gasteiger partial charge in [-0.15, -0.1) is 3.89 Å². The van der Waals surface area contributed by atoms with Crippen LogP contribution in [0.5, 0.6) is 0 Å². The van der Waals surface area contributed by atoms with Crippen molar-refractivity contribution in [3.8, 4) is 11.4 Å². The number of rotatable bonds is 3. The molecule has 3 nitrogen and oxygen atoms in total. The Morgan fingerprint density at radius 1 is 1.33 bits per heavy atom. The second kappa shape index (κ2) is 4.46. The maximum absolute atomic E-state index is 12.5. The van der Waals surface area contributed by atoms with Crippen LogP contribution in [0.3, 0.4) is 0 Å². The molecule has 2 N–H and O–H groups in total.